The van der Waals surface area contributed by atoms with E-state index in [4.69, 9.17) is 4.74 Å². The molecule has 0 aliphatic rings. The van der Waals surface area contributed by atoms with E-state index in [1.807, 2.05) is 32.0 Å². The van der Waals surface area contributed by atoms with Gasteiger partial charge in [-0.05, 0) is 26.0 Å². The second-order valence-corrected chi connectivity index (χ2v) is 2.16. The molecule has 0 saturated carbocycles. The van der Waals surface area contributed by atoms with E-state index >= 15 is 0 Å². The first-order valence-corrected chi connectivity index (χ1v) is 3.44. The summed E-state index contributed by atoms with van der Waals surface area (Å²) in [5.74, 6) is 0.827. The molecule has 0 heterocycles. The summed E-state index contributed by atoms with van der Waals surface area (Å²) in [5, 5.41) is 0. The maximum Gasteiger partial charge on any atom is 0.127 e. The van der Waals surface area contributed by atoms with Crippen LogP contribution in [0.25, 0.3) is 0 Å². The van der Waals surface area contributed by atoms with Crippen LogP contribution in [-0.2, 0) is 0 Å². The van der Waals surface area contributed by atoms with E-state index in [2.05, 4.69) is 6.07 Å². The lowest BCUT2D eigenvalue weighted by Gasteiger charge is -2.00. The maximum absolute atomic E-state index is 5.21. The van der Waals surface area contributed by atoms with Crippen molar-refractivity contribution in [2.75, 3.05) is 6.61 Å². The number of rotatable bonds is 2. The summed E-state index contributed by atoms with van der Waals surface area (Å²) in [6.45, 7) is 4.71. The number of hydrogen-bond acceptors (Lipinski definition) is 1. The summed E-state index contributed by atoms with van der Waals surface area (Å²) in [7, 11) is 0. The molecule has 1 rings (SSSR count). The van der Waals surface area contributed by atoms with Gasteiger partial charge in [0.25, 0.3) is 0 Å². The molecule has 0 aliphatic carbocycles. The third-order valence-electron chi connectivity index (χ3n) is 1.24. The fraction of sp³-hybridized carbons (Fsp3) is 0.333. The van der Waals surface area contributed by atoms with Crippen LogP contribution >= 0.6 is 0 Å². The fourth-order valence-electron chi connectivity index (χ4n) is 0.734. The average molecular weight is 135 g/mol. The summed E-state index contributed by atoms with van der Waals surface area (Å²) >= 11 is 0. The topological polar surface area (TPSA) is 9.23 Å². The number of ether oxygens (including phenoxy) is 1. The van der Waals surface area contributed by atoms with Crippen LogP contribution in [0.3, 0.4) is 0 Å². The molecular formula is C9H11O. The Bertz CT molecular complexity index is 188. The number of aryl methyl sites for hydroxylation is 1. The normalized spacial score (nSPS) is 9.40. The average Bonchev–Trinajstić information content (AvgIpc) is 1.95. The summed E-state index contributed by atoms with van der Waals surface area (Å²) in [6.07, 6.45) is 0. The van der Waals surface area contributed by atoms with Crippen LogP contribution in [0, 0.1) is 13.0 Å². The Labute approximate surface area is 61.6 Å². The minimum atomic E-state index is 0.708. The highest BCUT2D eigenvalue weighted by Crippen LogP contribution is 2.09. The van der Waals surface area contributed by atoms with Crippen molar-refractivity contribution in [3.05, 3.63) is 29.8 Å². The van der Waals surface area contributed by atoms with Crippen LogP contribution in [0.5, 0.6) is 5.75 Å². The Kier molecular flexibility index (Phi) is 2.32. The van der Waals surface area contributed by atoms with Crippen molar-refractivity contribution < 1.29 is 4.74 Å². The zero-order valence-electron chi connectivity index (χ0n) is 6.35. The van der Waals surface area contributed by atoms with Gasteiger partial charge in [-0.15, -0.1) is 0 Å². The Balaban J connectivity index is 2.69. The molecule has 1 nitrogen and oxygen atoms in total. The van der Waals surface area contributed by atoms with Gasteiger partial charge in [0.2, 0.25) is 0 Å². The number of benzene rings is 1. The highest BCUT2D eigenvalue weighted by Gasteiger charge is 1.88. The first kappa shape index (κ1) is 7.13. The quantitative estimate of drug-likeness (QED) is 0.604. The van der Waals surface area contributed by atoms with Gasteiger partial charge in [0.15, 0.2) is 0 Å². The van der Waals surface area contributed by atoms with Gasteiger partial charge in [-0.3, -0.25) is 0 Å². The van der Waals surface area contributed by atoms with E-state index in [1.165, 1.54) is 5.56 Å². The molecule has 0 fully saturated rings. The molecule has 1 radical (unpaired) electrons. The maximum atomic E-state index is 5.21. The van der Waals surface area contributed by atoms with E-state index in [0.717, 1.165) is 5.75 Å². The van der Waals surface area contributed by atoms with Crippen LogP contribution in [-0.4, -0.2) is 6.61 Å². The van der Waals surface area contributed by atoms with Crippen LogP contribution in [0.2, 0.25) is 0 Å². The van der Waals surface area contributed by atoms with Crippen molar-refractivity contribution in [1.29, 1.82) is 0 Å². The molecule has 0 spiro atoms. The van der Waals surface area contributed by atoms with Crippen LogP contribution < -0.4 is 4.74 Å². The van der Waals surface area contributed by atoms with Gasteiger partial charge in [-0.2, -0.15) is 0 Å². The molecular weight excluding hydrogens is 124 g/mol. The van der Waals surface area contributed by atoms with E-state index < -0.39 is 0 Å². The summed E-state index contributed by atoms with van der Waals surface area (Å²) in [4.78, 5) is 0. The summed E-state index contributed by atoms with van der Waals surface area (Å²) in [5.41, 5.74) is 1.21. The Hall–Kier alpha value is -0.980. The van der Waals surface area contributed by atoms with Gasteiger partial charge in [0.05, 0.1) is 6.61 Å². The van der Waals surface area contributed by atoms with E-state index in [1.54, 1.807) is 0 Å². The molecule has 0 saturated heterocycles. The van der Waals surface area contributed by atoms with Crippen LogP contribution in [0.4, 0.5) is 0 Å². The minimum Gasteiger partial charge on any atom is -0.493 e. The fourth-order valence-corrected chi connectivity index (χ4v) is 0.734. The van der Waals surface area contributed by atoms with Crippen molar-refractivity contribution in [2.24, 2.45) is 0 Å². The van der Waals surface area contributed by atoms with Crippen molar-refractivity contribution in [3.63, 3.8) is 0 Å². The lowest BCUT2D eigenvalue weighted by Crippen LogP contribution is -1.90. The second kappa shape index (κ2) is 3.25. The van der Waals surface area contributed by atoms with Crippen molar-refractivity contribution in [3.8, 4) is 5.75 Å². The summed E-state index contributed by atoms with van der Waals surface area (Å²) in [6, 6.07) is 8.88. The van der Waals surface area contributed by atoms with E-state index in [9.17, 15) is 0 Å². The first-order valence-electron chi connectivity index (χ1n) is 3.44. The molecule has 0 amide bonds. The molecule has 10 heavy (non-hydrogen) atoms. The molecule has 1 heteroatoms. The minimum absolute atomic E-state index is 0.708. The number of hydrogen-bond donors (Lipinski definition) is 0. The lowest BCUT2D eigenvalue weighted by atomic mass is 10.2. The third kappa shape index (κ3) is 1.76. The zero-order chi connectivity index (χ0) is 7.40. The second-order valence-electron chi connectivity index (χ2n) is 2.16. The molecule has 0 N–H and O–H groups in total. The van der Waals surface area contributed by atoms with Gasteiger partial charge in [0.1, 0.15) is 5.75 Å². The van der Waals surface area contributed by atoms with Gasteiger partial charge in [-0.25, -0.2) is 0 Å². The highest BCUT2D eigenvalue weighted by atomic mass is 16.5. The highest BCUT2D eigenvalue weighted by molar-refractivity contribution is 5.24. The zero-order valence-corrected chi connectivity index (χ0v) is 6.35. The largest absolute Gasteiger partial charge is 0.493 e. The molecule has 0 unspecified atom stereocenters. The Morgan fingerprint density at radius 3 is 2.80 bits per heavy atom. The Morgan fingerprint density at radius 2 is 2.30 bits per heavy atom. The van der Waals surface area contributed by atoms with Crippen LogP contribution in [0.15, 0.2) is 18.2 Å². The van der Waals surface area contributed by atoms with E-state index in [0.29, 0.717) is 6.61 Å². The van der Waals surface area contributed by atoms with Crippen molar-refractivity contribution >= 4 is 0 Å². The van der Waals surface area contributed by atoms with Gasteiger partial charge < -0.3 is 4.74 Å². The molecule has 1 aromatic rings. The Morgan fingerprint density at radius 1 is 1.50 bits per heavy atom. The van der Waals surface area contributed by atoms with Gasteiger partial charge in [-0.1, -0.05) is 11.6 Å². The predicted molar refractivity (Wildman–Crippen MR) is 41.2 cm³/mol. The molecule has 1 aromatic carbocycles. The first-order chi connectivity index (χ1) is 4.83. The predicted octanol–water partition coefficient (Wildman–Crippen LogP) is 2.19. The standard InChI is InChI=1S/C9H11O/c1-3-10-9-6-4-8(2)5-7-9/h4-6H,3H2,1-2H3. The molecule has 0 aliphatic heterocycles. The SMILES string of the molecule is CCOc1[c]cc(C)cc1. The molecule has 53 valence electrons. The third-order valence-corrected chi connectivity index (χ3v) is 1.24. The van der Waals surface area contributed by atoms with Crippen molar-refractivity contribution in [2.45, 2.75) is 13.8 Å². The lowest BCUT2D eigenvalue weighted by molar-refractivity contribution is 0.339. The van der Waals surface area contributed by atoms with E-state index in [-0.39, 0.29) is 0 Å². The molecule has 0 atom stereocenters. The molecule has 0 aromatic heterocycles. The van der Waals surface area contributed by atoms with Crippen molar-refractivity contribution in [1.82, 2.24) is 0 Å². The van der Waals surface area contributed by atoms with Crippen LogP contribution in [0.1, 0.15) is 12.5 Å². The van der Waals surface area contributed by atoms with Gasteiger partial charge in [0, 0.05) is 6.07 Å². The smallest absolute Gasteiger partial charge is 0.127 e. The monoisotopic (exact) mass is 135 g/mol. The van der Waals surface area contributed by atoms with Gasteiger partial charge >= 0.3 is 0 Å². The summed E-state index contributed by atoms with van der Waals surface area (Å²) < 4.78 is 5.21. The molecule has 0 bridgehead atoms.